The molecule has 1 spiro atoms. The van der Waals surface area contributed by atoms with Crippen molar-refractivity contribution >= 4 is 17.8 Å². The Morgan fingerprint density at radius 3 is 2.55 bits per heavy atom. The Morgan fingerprint density at radius 2 is 1.86 bits per heavy atom. The first-order chi connectivity index (χ1) is 14.0. The molecule has 0 N–H and O–H groups in total. The van der Waals surface area contributed by atoms with Gasteiger partial charge in [-0.2, -0.15) is 0 Å². The predicted molar refractivity (Wildman–Crippen MR) is 102 cm³/mol. The van der Waals surface area contributed by atoms with Crippen molar-refractivity contribution < 1.29 is 28.7 Å². The second-order valence-corrected chi connectivity index (χ2v) is 7.90. The highest BCUT2D eigenvalue weighted by atomic mass is 16.7. The Morgan fingerprint density at radius 1 is 1.14 bits per heavy atom. The number of methoxy groups -OCH3 is 1. The fourth-order valence-electron chi connectivity index (χ4n) is 4.98. The first-order valence-electron chi connectivity index (χ1n) is 9.94. The van der Waals surface area contributed by atoms with Crippen molar-refractivity contribution in [2.45, 2.75) is 31.2 Å². The van der Waals surface area contributed by atoms with E-state index in [4.69, 9.17) is 14.3 Å². The highest BCUT2D eigenvalue weighted by Gasteiger charge is 2.58. The van der Waals surface area contributed by atoms with Crippen molar-refractivity contribution in [1.29, 1.82) is 0 Å². The van der Waals surface area contributed by atoms with E-state index in [-0.39, 0.29) is 24.2 Å². The van der Waals surface area contributed by atoms with Gasteiger partial charge in [0.25, 0.3) is 0 Å². The molecule has 0 aliphatic carbocycles. The van der Waals surface area contributed by atoms with Crippen LogP contribution in [0, 0.1) is 11.8 Å². The lowest BCUT2D eigenvalue weighted by molar-refractivity contribution is -0.210. The van der Waals surface area contributed by atoms with Crippen molar-refractivity contribution in [3.8, 4) is 5.75 Å². The molecule has 2 amide bonds. The number of hydrogen-bond donors (Lipinski definition) is 0. The average Bonchev–Trinajstić information content (AvgIpc) is 3.03. The Kier molecular flexibility index (Phi) is 5.21. The molecule has 4 rings (SSSR count). The Labute approximate surface area is 169 Å². The molecule has 156 valence electrons. The smallest absolute Gasteiger partial charge is 0.311 e. The maximum Gasteiger partial charge on any atom is 0.311 e. The number of likely N-dealkylation sites (tertiary alicyclic amines) is 1. The summed E-state index contributed by atoms with van der Waals surface area (Å²) in [5, 5.41) is 1.33. The Balaban J connectivity index is 1.46. The molecule has 0 saturated carbocycles. The fourth-order valence-corrected chi connectivity index (χ4v) is 4.98. The molecule has 2 saturated heterocycles. The maximum absolute atomic E-state index is 13.1. The number of hydroxylamine groups is 2. The van der Waals surface area contributed by atoms with Gasteiger partial charge in [-0.25, -0.2) is 5.06 Å². The second kappa shape index (κ2) is 7.67. The van der Waals surface area contributed by atoms with E-state index in [0.717, 1.165) is 11.3 Å². The molecular formula is C21H26N2O6. The number of hydrogen-bond acceptors (Lipinski definition) is 6. The largest absolute Gasteiger partial charge is 0.492 e. The molecule has 2 fully saturated rings. The first-order valence-corrected chi connectivity index (χ1v) is 9.94. The summed E-state index contributed by atoms with van der Waals surface area (Å²) >= 11 is 0. The summed E-state index contributed by atoms with van der Waals surface area (Å²) in [6.45, 7) is 1.28. The first kappa shape index (κ1) is 19.7. The van der Waals surface area contributed by atoms with Crippen LogP contribution in [-0.2, 0) is 30.4 Å². The number of ether oxygens (including phenoxy) is 2. The molecule has 8 heteroatoms. The van der Waals surface area contributed by atoms with E-state index in [1.54, 1.807) is 0 Å². The number of nitrogens with zero attached hydrogens (tertiary/aromatic N) is 2. The van der Waals surface area contributed by atoms with E-state index >= 15 is 0 Å². The molecule has 0 bridgehead atoms. The van der Waals surface area contributed by atoms with E-state index < -0.39 is 17.4 Å². The SMILES string of the molecule is COC(=O)C1CC(=O)N(OC)C12CCN(C(=O)C1COc3ccccc3C1)CC2. The van der Waals surface area contributed by atoms with E-state index in [1.807, 2.05) is 29.2 Å². The summed E-state index contributed by atoms with van der Waals surface area (Å²) in [6, 6.07) is 7.78. The molecule has 0 aromatic heterocycles. The van der Waals surface area contributed by atoms with Gasteiger partial charge in [-0.1, -0.05) is 18.2 Å². The van der Waals surface area contributed by atoms with E-state index in [1.165, 1.54) is 19.3 Å². The van der Waals surface area contributed by atoms with Crippen LogP contribution in [0.1, 0.15) is 24.8 Å². The molecule has 1 aromatic rings. The minimum absolute atomic E-state index is 0.0530. The summed E-state index contributed by atoms with van der Waals surface area (Å²) in [5.41, 5.74) is 0.286. The van der Waals surface area contributed by atoms with Gasteiger partial charge in [-0.05, 0) is 30.9 Å². The van der Waals surface area contributed by atoms with Crippen molar-refractivity contribution in [3.05, 3.63) is 29.8 Å². The van der Waals surface area contributed by atoms with Gasteiger partial charge in [0, 0.05) is 19.5 Å². The van der Waals surface area contributed by atoms with Crippen molar-refractivity contribution in [2.75, 3.05) is 33.9 Å². The average molecular weight is 402 g/mol. The monoisotopic (exact) mass is 402 g/mol. The van der Waals surface area contributed by atoms with E-state index in [0.29, 0.717) is 39.0 Å². The normalized spacial score (nSPS) is 25.5. The molecule has 2 unspecified atom stereocenters. The molecule has 29 heavy (non-hydrogen) atoms. The van der Waals surface area contributed by atoms with Gasteiger partial charge in [0.2, 0.25) is 11.8 Å². The summed E-state index contributed by atoms with van der Waals surface area (Å²) in [6.07, 6.45) is 1.68. The number of carbonyl (C=O) groups excluding carboxylic acids is 3. The van der Waals surface area contributed by atoms with Gasteiger partial charge in [-0.15, -0.1) is 0 Å². The van der Waals surface area contributed by atoms with Crippen LogP contribution in [0.25, 0.3) is 0 Å². The second-order valence-electron chi connectivity index (χ2n) is 7.90. The third kappa shape index (κ3) is 3.25. The molecule has 1 aromatic carbocycles. The maximum atomic E-state index is 13.1. The quantitative estimate of drug-likeness (QED) is 0.706. The molecule has 3 aliphatic heterocycles. The van der Waals surface area contributed by atoms with Crippen molar-refractivity contribution in [1.82, 2.24) is 9.96 Å². The van der Waals surface area contributed by atoms with Crippen LogP contribution in [0.2, 0.25) is 0 Å². The highest BCUT2D eigenvalue weighted by Crippen LogP contribution is 2.44. The number of esters is 1. The minimum atomic E-state index is -0.759. The molecule has 2 atom stereocenters. The molecule has 8 nitrogen and oxygen atoms in total. The summed E-state index contributed by atoms with van der Waals surface area (Å²) < 4.78 is 10.7. The van der Waals surface area contributed by atoms with Crippen molar-refractivity contribution in [3.63, 3.8) is 0 Å². The number of para-hydroxylation sites is 1. The standard InChI is InChI=1S/C21H26N2O6/c1-27-20(26)16-12-18(24)23(28-2)21(16)7-9-22(10-8-21)19(25)15-11-14-5-3-4-6-17(14)29-13-15/h3-6,15-16H,7-13H2,1-2H3. The van der Waals surface area contributed by atoms with Gasteiger partial charge in [0.15, 0.2) is 0 Å². The van der Waals surface area contributed by atoms with Crippen LogP contribution in [0.15, 0.2) is 24.3 Å². The minimum Gasteiger partial charge on any atom is -0.492 e. The third-order valence-electron chi connectivity index (χ3n) is 6.50. The number of rotatable bonds is 3. The zero-order valence-corrected chi connectivity index (χ0v) is 16.8. The summed E-state index contributed by atoms with van der Waals surface area (Å²) in [4.78, 5) is 45.0. The molecule has 0 radical (unpaired) electrons. The van der Waals surface area contributed by atoms with E-state index in [9.17, 15) is 14.4 Å². The van der Waals surface area contributed by atoms with Gasteiger partial charge < -0.3 is 14.4 Å². The number of carbonyl (C=O) groups is 3. The van der Waals surface area contributed by atoms with Crippen LogP contribution in [0.4, 0.5) is 0 Å². The van der Waals surface area contributed by atoms with Gasteiger partial charge in [-0.3, -0.25) is 19.2 Å². The number of piperidine rings is 1. The Bertz CT molecular complexity index is 815. The lowest BCUT2D eigenvalue weighted by Crippen LogP contribution is -2.58. The van der Waals surface area contributed by atoms with E-state index in [2.05, 4.69) is 0 Å². The fraction of sp³-hybridized carbons (Fsp3) is 0.571. The van der Waals surface area contributed by atoms with Crippen LogP contribution < -0.4 is 4.74 Å². The molecule has 3 heterocycles. The van der Waals surface area contributed by atoms with Crippen LogP contribution in [-0.4, -0.2) is 67.2 Å². The predicted octanol–water partition coefficient (Wildman–Crippen LogP) is 1.18. The van der Waals surface area contributed by atoms with Gasteiger partial charge in [0.05, 0.1) is 31.6 Å². The summed E-state index contributed by atoms with van der Waals surface area (Å²) in [7, 11) is 2.77. The van der Waals surface area contributed by atoms with Crippen LogP contribution in [0.5, 0.6) is 5.75 Å². The topological polar surface area (TPSA) is 85.4 Å². The third-order valence-corrected chi connectivity index (χ3v) is 6.50. The lowest BCUT2D eigenvalue weighted by atomic mass is 9.77. The van der Waals surface area contributed by atoms with Crippen LogP contribution >= 0.6 is 0 Å². The molecule has 3 aliphatic rings. The highest BCUT2D eigenvalue weighted by molar-refractivity contribution is 5.88. The number of fused-ring (bicyclic) bond motifs is 1. The molecular weight excluding hydrogens is 376 g/mol. The Hall–Kier alpha value is -2.61. The number of amides is 2. The summed E-state index contributed by atoms with van der Waals surface area (Å²) in [5.74, 6) is -0.538. The number of benzene rings is 1. The zero-order chi connectivity index (χ0) is 20.6. The van der Waals surface area contributed by atoms with Crippen LogP contribution in [0.3, 0.4) is 0 Å². The lowest BCUT2D eigenvalue weighted by Gasteiger charge is -2.46. The zero-order valence-electron chi connectivity index (χ0n) is 16.8. The van der Waals surface area contributed by atoms with Gasteiger partial charge in [0.1, 0.15) is 12.4 Å². The van der Waals surface area contributed by atoms with Crippen molar-refractivity contribution in [2.24, 2.45) is 11.8 Å². The van der Waals surface area contributed by atoms with Gasteiger partial charge >= 0.3 is 5.97 Å².